The van der Waals surface area contributed by atoms with E-state index in [0.717, 1.165) is 0 Å². The lowest BCUT2D eigenvalue weighted by atomic mass is 10.3. The van der Waals surface area contributed by atoms with Gasteiger partial charge in [-0.15, -0.1) is 0 Å². The summed E-state index contributed by atoms with van der Waals surface area (Å²) in [5.41, 5.74) is 0. The molecule has 0 fully saturated rings. The van der Waals surface area contributed by atoms with E-state index >= 15 is 0 Å². The van der Waals surface area contributed by atoms with Crippen LogP contribution in [0.5, 0.6) is 5.75 Å². The van der Waals surface area contributed by atoms with Crippen LogP contribution in [0.1, 0.15) is 13.3 Å². The number of carbonyl (C=O) groups is 1. The third kappa shape index (κ3) is 4.61. The molecule has 1 amide bonds. The van der Waals surface area contributed by atoms with E-state index in [1.807, 2.05) is 6.92 Å². The van der Waals surface area contributed by atoms with Crippen molar-refractivity contribution in [2.75, 3.05) is 13.2 Å². The first kappa shape index (κ1) is 13.0. The minimum absolute atomic E-state index is 0.0713. The number of nitrogens with one attached hydrogen (secondary N) is 1. The van der Waals surface area contributed by atoms with E-state index in [-0.39, 0.29) is 24.8 Å². The first-order chi connectivity index (χ1) is 7.61. The van der Waals surface area contributed by atoms with Gasteiger partial charge in [-0.2, -0.15) is 0 Å². The Balaban J connectivity index is 2.40. The van der Waals surface area contributed by atoms with E-state index in [9.17, 15) is 9.18 Å². The minimum atomic E-state index is -0.373. The van der Waals surface area contributed by atoms with Gasteiger partial charge in [-0.25, -0.2) is 4.39 Å². The topological polar surface area (TPSA) is 38.3 Å². The molecule has 1 rings (SSSR count). The first-order valence-corrected chi connectivity index (χ1v) is 5.76. The van der Waals surface area contributed by atoms with Gasteiger partial charge in [-0.1, -0.05) is 15.9 Å². The molecule has 88 valence electrons. The lowest BCUT2D eigenvalue weighted by molar-refractivity contribution is -0.121. The second-order valence-corrected chi connectivity index (χ2v) is 4.07. The first-order valence-electron chi connectivity index (χ1n) is 4.97. The number of halogens is 2. The average Bonchev–Trinajstić information content (AvgIpc) is 2.16. The molecule has 0 saturated heterocycles. The zero-order chi connectivity index (χ0) is 12.0. The van der Waals surface area contributed by atoms with Crippen LogP contribution in [-0.2, 0) is 4.79 Å². The van der Waals surface area contributed by atoms with E-state index in [1.54, 1.807) is 6.07 Å². The van der Waals surface area contributed by atoms with Gasteiger partial charge in [0.25, 0.3) is 0 Å². The maximum absolute atomic E-state index is 12.9. The van der Waals surface area contributed by atoms with E-state index < -0.39 is 0 Å². The number of hydrogen-bond acceptors (Lipinski definition) is 2. The molecule has 0 saturated carbocycles. The van der Waals surface area contributed by atoms with Gasteiger partial charge in [-0.05, 0) is 19.1 Å². The number of benzene rings is 1. The summed E-state index contributed by atoms with van der Waals surface area (Å²) >= 11 is 3.16. The summed E-state index contributed by atoms with van der Waals surface area (Å²) < 4.78 is 18.8. The largest absolute Gasteiger partial charge is 0.493 e. The Kier molecular flexibility index (Phi) is 5.25. The molecule has 0 atom stereocenters. The van der Waals surface area contributed by atoms with Gasteiger partial charge in [0.2, 0.25) is 5.91 Å². The molecule has 1 aromatic rings. The number of carbonyl (C=O) groups excluding carboxylic acids is 1. The summed E-state index contributed by atoms with van der Waals surface area (Å²) in [7, 11) is 0. The Morgan fingerprint density at radius 3 is 2.88 bits per heavy atom. The van der Waals surface area contributed by atoms with Gasteiger partial charge < -0.3 is 10.1 Å². The van der Waals surface area contributed by atoms with Gasteiger partial charge in [0.1, 0.15) is 11.6 Å². The molecule has 0 unspecified atom stereocenters. The Labute approximate surface area is 102 Å². The molecule has 0 spiro atoms. The predicted molar refractivity (Wildman–Crippen MR) is 62.9 cm³/mol. The van der Waals surface area contributed by atoms with Crippen LogP contribution < -0.4 is 10.1 Å². The van der Waals surface area contributed by atoms with Crippen molar-refractivity contribution >= 4 is 21.8 Å². The van der Waals surface area contributed by atoms with Crippen LogP contribution in [0.3, 0.4) is 0 Å². The number of ether oxygens (including phenoxy) is 1. The second kappa shape index (κ2) is 6.48. The van der Waals surface area contributed by atoms with Crippen LogP contribution in [0.25, 0.3) is 0 Å². The Morgan fingerprint density at radius 1 is 1.50 bits per heavy atom. The third-order valence-electron chi connectivity index (χ3n) is 1.81. The van der Waals surface area contributed by atoms with Crippen molar-refractivity contribution in [1.29, 1.82) is 0 Å². The predicted octanol–water partition coefficient (Wildman–Crippen LogP) is 2.49. The fourth-order valence-corrected chi connectivity index (χ4v) is 1.60. The van der Waals surface area contributed by atoms with Crippen LogP contribution >= 0.6 is 15.9 Å². The van der Waals surface area contributed by atoms with Crippen molar-refractivity contribution < 1.29 is 13.9 Å². The van der Waals surface area contributed by atoms with Crippen LogP contribution in [0, 0.1) is 5.82 Å². The summed E-state index contributed by atoms with van der Waals surface area (Å²) in [5, 5.41) is 2.65. The molecule has 0 radical (unpaired) electrons. The molecule has 1 N–H and O–H groups in total. The molecule has 0 aliphatic rings. The van der Waals surface area contributed by atoms with Crippen molar-refractivity contribution in [2.45, 2.75) is 13.3 Å². The van der Waals surface area contributed by atoms with Gasteiger partial charge in [0, 0.05) is 17.1 Å². The number of rotatable bonds is 5. The highest BCUT2D eigenvalue weighted by atomic mass is 79.9. The molecule has 0 aliphatic carbocycles. The SMILES string of the molecule is CCNC(=O)CCOc1cc(F)cc(Br)c1. The van der Waals surface area contributed by atoms with E-state index in [2.05, 4.69) is 21.2 Å². The molecule has 5 heteroatoms. The minimum Gasteiger partial charge on any atom is -0.493 e. The summed E-state index contributed by atoms with van der Waals surface area (Å²) in [4.78, 5) is 11.1. The normalized spacial score (nSPS) is 9.94. The van der Waals surface area contributed by atoms with Crippen LogP contribution in [0.4, 0.5) is 4.39 Å². The number of hydrogen-bond donors (Lipinski definition) is 1. The molecular weight excluding hydrogens is 277 g/mol. The second-order valence-electron chi connectivity index (χ2n) is 3.16. The zero-order valence-electron chi connectivity index (χ0n) is 8.93. The van der Waals surface area contributed by atoms with Crippen molar-refractivity contribution in [3.05, 3.63) is 28.5 Å². The molecule has 16 heavy (non-hydrogen) atoms. The summed E-state index contributed by atoms with van der Waals surface area (Å²) in [6.45, 7) is 2.69. The van der Waals surface area contributed by atoms with Crippen molar-refractivity contribution in [3.63, 3.8) is 0 Å². The molecule has 0 aliphatic heterocycles. The molecule has 1 aromatic carbocycles. The number of amides is 1. The standard InChI is InChI=1S/C11H13BrFNO2/c1-2-14-11(15)3-4-16-10-6-8(12)5-9(13)7-10/h5-7H,2-4H2,1H3,(H,14,15). The molecule has 0 heterocycles. The summed E-state index contributed by atoms with van der Waals surface area (Å²) in [6, 6.07) is 4.28. The highest BCUT2D eigenvalue weighted by molar-refractivity contribution is 9.10. The third-order valence-corrected chi connectivity index (χ3v) is 2.27. The van der Waals surface area contributed by atoms with Gasteiger partial charge in [0.05, 0.1) is 13.0 Å². The summed E-state index contributed by atoms with van der Waals surface area (Å²) in [5.74, 6) is -0.0310. The Morgan fingerprint density at radius 2 is 2.25 bits per heavy atom. The Hall–Kier alpha value is -1.10. The Bertz CT molecular complexity index is 351. The lowest BCUT2D eigenvalue weighted by Gasteiger charge is -2.06. The van der Waals surface area contributed by atoms with E-state index in [0.29, 0.717) is 16.8 Å². The highest BCUT2D eigenvalue weighted by Crippen LogP contribution is 2.20. The fraction of sp³-hybridized carbons (Fsp3) is 0.364. The highest BCUT2D eigenvalue weighted by Gasteiger charge is 2.02. The fourth-order valence-electron chi connectivity index (χ4n) is 1.16. The van der Waals surface area contributed by atoms with Gasteiger partial charge in [0.15, 0.2) is 0 Å². The maximum Gasteiger partial charge on any atom is 0.223 e. The van der Waals surface area contributed by atoms with Crippen molar-refractivity contribution in [3.8, 4) is 5.75 Å². The van der Waals surface area contributed by atoms with Crippen molar-refractivity contribution in [1.82, 2.24) is 5.32 Å². The van der Waals surface area contributed by atoms with Gasteiger partial charge in [-0.3, -0.25) is 4.79 Å². The van der Waals surface area contributed by atoms with Crippen LogP contribution in [0.15, 0.2) is 22.7 Å². The van der Waals surface area contributed by atoms with Gasteiger partial charge >= 0.3 is 0 Å². The maximum atomic E-state index is 12.9. The van der Waals surface area contributed by atoms with E-state index in [1.165, 1.54) is 12.1 Å². The molecule has 3 nitrogen and oxygen atoms in total. The lowest BCUT2D eigenvalue weighted by Crippen LogP contribution is -2.24. The average molecular weight is 290 g/mol. The van der Waals surface area contributed by atoms with Crippen molar-refractivity contribution in [2.24, 2.45) is 0 Å². The molecule has 0 bridgehead atoms. The molecule has 0 aromatic heterocycles. The summed E-state index contributed by atoms with van der Waals surface area (Å²) in [6.07, 6.45) is 0.266. The van der Waals surface area contributed by atoms with E-state index in [4.69, 9.17) is 4.74 Å². The molecular formula is C11H13BrFNO2. The quantitative estimate of drug-likeness (QED) is 0.904. The smallest absolute Gasteiger partial charge is 0.223 e. The monoisotopic (exact) mass is 289 g/mol. The van der Waals surface area contributed by atoms with Crippen LogP contribution in [-0.4, -0.2) is 19.1 Å². The zero-order valence-corrected chi connectivity index (χ0v) is 10.5. The van der Waals surface area contributed by atoms with Crippen LogP contribution in [0.2, 0.25) is 0 Å².